The Balaban J connectivity index is 0.000000633. The zero-order valence-corrected chi connectivity index (χ0v) is 19.5. The van der Waals surface area contributed by atoms with Crippen LogP contribution >= 0.6 is 0 Å². The number of nitrogens with two attached hydrogens (primary N) is 1. The Bertz CT molecular complexity index is 1090. The lowest BCUT2D eigenvalue weighted by Gasteiger charge is -2.39. The molecule has 33 heavy (non-hydrogen) atoms. The average Bonchev–Trinajstić information content (AvgIpc) is 3.19. The number of carbonyl (C=O) groups is 3. The number of esters is 2. The highest BCUT2D eigenvalue weighted by Gasteiger charge is 2.51. The van der Waals surface area contributed by atoms with E-state index in [1.54, 1.807) is 4.90 Å². The number of amides is 1. The van der Waals surface area contributed by atoms with Crippen LogP contribution in [0.4, 0.5) is 0 Å². The van der Waals surface area contributed by atoms with Gasteiger partial charge in [0.2, 0.25) is 12.0 Å². The maximum absolute atomic E-state index is 13.1. The smallest absolute Gasteiger partial charge is 0.348 e. The summed E-state index contributed by atoms with van der Waals surface area (Å²) in [5.41, 5.74) is 8.44. The molecule has 2 aromatic rings. The monoisotopic (exact) mass is 455 g/mol. The van der Waals surface area contributed by atoms with Gasteiger partial charge < -0.3 is 20.1 Å². The molecule has 0 bridgehead atoms. The normalized spacial score (nSPS) is 22.4. The van der Waals surface area contributed by atoms with Crippen LogP contribution in [-0.2, 0) is 30.4 Å². The highest BCUT2D eigenvalue weighted by molar-refractivity contribution is 5.96. The van der Waals surface area contributed by atoms with E-state index in [9.17, 15) is 14.4 Å². The Morgan fingerprint density at radius 1 is 1.27 bits per heavy atom. The molecule has 4 heterocycles. The maximum atomic E-state index is 13.1. The third kappa shape index (κ3) is 4.61. The number of hydrogen-bond donors (Lipinski definition) is 1. The van der Waals surface area contributed by atoms with Crippen molar-refractivity contribution in [3.05, 3.63) is 47.7 Å². The van der Waals surface area contributed by atoms with E-state index >= 15 is 0 Å². The second kappa shape index (κ2) is 10.6. The van der Waals surface area contributed by atoms with E-state index in [2.05, 4.69) is 13.8 Å². The molecule has 5 rings (SSSR count). The van der Waals surface area contributed by atoms with Gasteiger partial charge in [-0.05, 0) is 12.1 Å². The molecule has 8 heteroatoms. The largest absolute Gasteiger partial charge is 0.462 e. The topological polar surface area (TPSA) is 112 Å². The van der Waals surface area contributed by atoms with Crippen LogP contribution < -0.4 is 5.73 Å². The Hall–Kier alpha value is -3.26. The number of para-hydroxylation sites is 1. The summed E-state index contributed by atoms with van der Waals surface area (Å²) in [4.78, 5) is 43.4. The second-order valence-corrected chi connectivity index (χ2v) is 7.80. The van der Waals surface area contributed by atoms with Crippen LogP contribution in [0.2, 0.25) is 0 Å². The summed E-state index contributed by atoms with van der Waals surface area (Å²) < 4.78 is 10.3. The Kier molecular flexibility index (Phi) is 7.81. The van der Waals surface area contributed by atoms with Crippen LogP contribution in [-0.4, -0.2) is 47.0 Å². The number of carbonyl (C=O) groups excluding carboxylic acids is 3. The van der Waals surface area contributed by atoms with Crippen molar-refractivity contribution in [1.82, 2.24) is 9.88 Å². The summed E-state index contributed by atoms with van der Waals surface area (Å²) in [6.45, 7) is 8.28. The third-order valence-electron chi connectivity index (χ3n) is 5.48. The van der Waals surface area contributed by atoms with Gasteiger partial charge in [0.05, 0.1) is 35.9 Å². The van der Waals surface area contributed by atoms with Crippen molar-refractivity contribution < 1.29 is 25.3 Å². The SMILES string of the molecule is CC.CCC.NCC(=O)O[C@@H]1C(=O)OCC2C(=O)N3Cc4cc5ccccc5nc4C3=CC21.[HH]. The Labute approximate surface area is 195 Å². The first-order valence-electron chi connectivity index (χ1n) is 11.5. The van der Waals surface area contributed by atoms with E-state index in [4.69, 9.17) is 20.2 Å². The van der Waals surface area contributed by atoms with Gasteiger partial charge in [-0.25, -0.2) is 9.78 Å². The molecule has 3 aliphatic rings. The fraction of sp³-hybridized carbons (Fsp3) is 0.440. The zero-order chi connectivity index (χ0) is 24.1. The molecular weight excluding hydrogens is 422 g/mol. The number of pyridine rings is 1. The first-order chi connectivity index (χ1) is 16.0. The average molecular weight is 456 g/mol. The molecule has 0 saturated carbocycles. The summed E-state index contributed by atoms with van der Waals surface area (Å²) in [6.07, 6.45) is 1.88. The van der Waals surface area contributed by atoms with E-state index < -0.39 is 29.9 Å². The summed E-state index contributed by atoms with van der Waals surface area (Å²) in [7, 11) is 0. The lowest BCUT2D eigenvalue weighted by Crippen LogP contribution is -2.53. The van der Waals surface area contributed by atoms with Gasteiger partial charge in [-0.2, -0.15) is 0 Å². The van der Waals surface area contributed by atoms with Gasteiger partial charge in [-0.15, -0.1) is 0 Å². The highest BCUT2D eigenvalue weighted by atomic mass is 16.6. The molecule has 0 spiro atoms. The minimum Gasteiger partial charge on any atom is -0.462 e. The number of benzene rings is 1. The molecule has 3 aliphatic heterocycles. The predicted octanol–water partition coefficient (Wildman–Crippen LogP) is 3.28. The predicted molar refractivity (Wildman–Crippen MR) is 127 cm³/mol. The van der Waals surface area contributed by atoms with Gasteiger partial charge in [-0.1, -0.05) is 58.4 Å². The van der Waals surface area contributed by atoms with Crippen molar-refractivity contribution in [2.45, 2.75) is 46.8 Å². The van der Waals surface area contributed by atoms with Crippen LogP contribution in [0.3, 0.4) is 0 Å². The highest BCUT2D eigenvalue weighted by Crippen LogP contribution is 2.42. The molecule has 3 atom stereocenters. The molecule has 1 fully saturated rings. The van der Waals surface area contributed by atoms with Gasteiger partial charge in [0, 0.05) is 18.3 Å². The Morgan fingerprint density at radius 3 is 2.67 bits per heavy atom. The lowest BCUT2D eigenvalue weighted by molar-refractivity contribution is -0.183. The number of cyclic esters (lactones) is 1. The maximum Gasteiger partial charge on any atom is 0.348 e. The van der Waals surface area contributed by atoms with Crippen LogP contribution in [0.15, 0.2) is 36.4 Å². The van der Waals surface area contributed by atoms with E-state index in [-0.39, 0.29) is 20.5 Å². The summed E-state index contributed by atoms with van der Waals surface area (Å²) in [5.74, 6) is -2.74. The van der Waals surface area contributed by atoms with Gasteiger partial charge in [0.1, 0.15) is 6.61 Å². The molecule has 1 saturated heterocycles. The fourth-order valence-corrected chi connectivity index (χ4v) is 4.12. The van der Waals surface area contributed by atoms with Crippen LogP contribution in [0.5, 0.6) is 0 Å². The molecule has 0 aliphatic carbocycles. The summed E-state index contributed by atoms with van der Waals surface area (Å²) >= 11 is 0. The lowest BCUT2D eigenvalue weighted by atomic mass is 9.81. The number of aromatic nitrogens is 1. The third-order valence-corrected chi connectivity index (χ3v) is 5.48. The van der Waals surface area contributed by atoms with Crippen molar-refractivity contribution in [3.8, 4) is 0 Å². The number of hydrogen-bond acceptors (Lipinski definition) is 7. The van der Waals surface area contributed by atoms with Gasteiger partial charge >= 0.3 is 11.9 Å². The van der Waals surface area contributed by atoms with Crippen LogP contribution in [0.1, 0.15) is 46.8 Å². The quantitative estimate of drug-likeness (QED) is 0.692. The number of ether oxygens (including phenoxy) is 2. The zero-order valence-electron chi connectivity index (χ0n) is 19.5. The first-order valence-corrected chi connectivity index (χ1v) is 11.5. The summed E-state index contributed by atoms with van der Waals surface area (Å²) in [5, 5.41) is 1.000. The molecule has 8 nitrogen and oxygen atoms in total. The first kappa shape index (κ1) is 24.4. The van der Waals surface area contributed by atoms with Gasteiger partial charge in [-0.3, -0.25) is 9.59 Å². The fourth-order valence-electron chi connectivity index (χ4n) is 4.12. The molecule has 2 unspecified atom stereocenters. The van der Waals surface area contributed by atoms with Crippen LogP contribution in [0.25, 0.3) is 16.6 Å². The van der Waals surface area contributed by atoms with Crippen molar-refractivity contribution in [1.29, 1.82) is 0 Å². The van der Waals surface area contributed by atoms with Gasteiger partial charge in [0.15, 0.2) is 0 Å². The number of nitrogens with zero attached hydrogens (tertiary/aromatic N) is 2. The minimum absolute atomic E-state index is 0. The van der Waals surface area contributed by atoms with Crippen molar-refractivity contribution in [2.75, 3.05) is 13.2 Å². The summed E-state index contributed by atoms with van der Waals surface area (Å²) in [6, 6.07) is 9.77. The van der Waals surface area contributed by atoms with E-state index in [0.29, 0.717) is 17.9 Å². The molecule has 178 valence electrons. The number of fused-ring (bicyclic) bond motifs is 5. The Morgan fingerprint density at radius 2 is 1.97 bits per heavy atom. The van der Waals surface area contributed by atoms with Crippen molar-refractivity contribution >= 4 is 34.4 Å². The van der Waals surface area contributed by atoms with E-state index in [1.807, 2.05) is 50.3 Å². The minimum atomic E-state index is -1.18. The molecule has 1 aromatic carbocycles. The van der Waals surface area contributed by atoms with Crippen molar-refractivity contribution in [3.63, 3.8) is 0 Å². The van der Waals surface area contributed by atoms with Crippen LogP contribution in [0, 0.1) is 11.8 Å². The number of rotatable bonds is 2. The second-order valence-electron chi connectivity index (χ2n) is 7.80. The molecular formula is C25H33N3O5. The van der Waals surface area contributed by atoms with E-state index in [0.717, 1.165) is 16.5 Å². The standard InChI is InChI=1S/C20H17N3O5.C3H8.C2H6.H2/c21-7-16(24)28-18-12-6-15-17-11(5-10-3-1-2-4-14(10)22-17)8-23(15)19(25)13(12)9-27-20(18)26;1-3-2;1-2;/h1-6,12-13,18H,7-9,21H2;3H2,1-2H3;1-2H3;1H/t12?,13?,18-;;;/m0.../s1. The van der Waals surface area contributed by atoms with Gasteiger partial charge in [0.25, 0.3) is 0 Å². The van der Waals surface area contributed by atoms with E-state index in [1.165, 1.54) is 6.42 Å². The van der Waals surface area contributed by atoms with Crippen molar-refractivity contribution in [2.24, 2.45) is 17.6 Å². The molecule has 2 N–H and O–H groups in total. The molecule has 1 aromatic heterocycles. The molecule has 1 amide bonds. The molecule has 0 radical (unpaired) electrons.